The van der Waals surface area contributed by atoms with Crippen molar-refractivity contribution >= 4 is 35.1 Å². The van der Waals surface area contributed by atoms with Crippen LogP contribution in [0.2, 0.25) is 10.0 Å². The molecule has 1 amide bonds. The number of halogens is 5. The maximum Gasteiger partial charge on any atom is 0.416 e. The number of primary amides is 1. The normalized spacial score (nSPS) is 12.9. The number of carbonyl (C=O) groups excluding carboxylic acids is 1. The quantitative estimate of drug-likeness (QED) is 0.248. The Labute approximate surface area is 241 Å². The topological polar surface area (TPSA) is 146 Å². The number of rotatable bonds is 10. The van der Waals surface area contributed by atoms with Crippen molar-refractivity contribution in [3.63, 3.8) is 0 Å². The second kappa shape index (κ2) is 11.5. The van der Waals surface area contributed by atoms with E-state index in [1.165, 1.54) is 28.9 Å². The summed E-state index contributed by atoms with van der Waals surface area (Å²) in [6, 6.07) is 12.7. The largest absolute Gasteiger partial charge is 0.416 e. The number of nitrogens with zero attached hydrogens (tertiary/aromatic N) is 6. The van der Waals surface area contributed by atoms with Crippen LogP contribution in [0.15, 0.2) is 53.3 Å². The minimum atomic E-state index is -4.96. The fourth-order valence-electron chi connectivity index (χ4n) is 3.65. The molecule has 4 rings (SSSR count). The Morgan fingerprint density at radius 1 is 1.10 bits per heavy atom. The van der Waals surface area contributed by atoms with Crippen molar-refractivity contribution in [3.05, 3.63) is 74.9 Å². The predicted molar refractivity (Wildman–Crippen MR) is 146 cm³/mol. The van der Waals surface area contributed by atoms with Gasteiger partial charge in [-0.3, -0.25) is 9.36 Å². The molecular weight excluding hydrogens is 588 g/mol. The molecule has 218 valence electrons. The number of aromatic nitrogens is 6. The first-order chi connectivity index (χ1) is 19.2. The van der Waals surface area contributed by atoms with Gasteiger partial charge in [-0.1, -0.05) is 35.3 Å². The number of hydrogen-bond acceptors (Lipinski definition) is 7. The zero-order valence-electron chi connectivity index (χ0n) is 21.7. The summed E-state index contributed by atoms with van der Waals surface area (Å²) in [7, 11) is 0. The van der Waals surface area contributed by atoms with Crippen molar-refractivity contribution in [3.8, 4) is 17.1 Å². The fraction of sp³-hybridized carbons (Fsp3) is 0.320. The number of anilines is 1. The van der Waals surface area contributed by atoms with E-state index < -0.39 is 35.8 Å². The molecule has 11 nitrogen and oxygen atoms in total. The molecule has 4 N–H and O–H groups in total. The molecule has 0 radical (unpaired) electrons. The van der Waals surface area contributed by atoms with E-state index in [1.807, 2.05) is 0 Å². The Morgan fingerprint density at radius 3 is 2.37 bits per heavy atom. The first kappa shape index (κ1) is 30.1. The average Bonchev–Trinajstić information content (AvgIpc) is 3.44. The summed E-state index contributed by atoms with van der Waals surface area (Å²) in [6.07, 6.45) is -7.78. The first-order valence-electron chi connectivity index (χ1n) is 12.1. The number of para-hydroxylation sites is 1. The van der Waals surface area contributed by atoms with Crippen molar-refractivity contribution in [1.82, 2.24) is 29.1 Å². The van der Waals surface area contributed by atoms with Gasteiger partial charge in [0.2, 0.25) is 11.9 Å². The van der Waals surface area contributed by atoms with Crippen molar-refractivity contribution in [2.45, 2.75) is 39.2 Å². The summed E-state index contributed by atoms with van der Waals surface area (Å²) in [6.45, 7) is 1.92. The second-order valence-electron chi connectivity index (χ2n) is 9.76. The van der Waals surface area contributed by atoms with Gasteiger partial charge in [0.05, 0.1) is 22.7 Å². The Hall–Kier alpha value is -3.88. The van der Waals surface area contributed by atoms with Gasteiger partial charge in [-0.25, -0.2) is 9.48 Å². The molecule has 0 saturated carbocycles. The van der Waals surface area contributed by atoms with Gasteiger partial charge in [0.1, 0.15) is 6.54 Å². The maximum absolute atomic E-state index is 13.3. The Kier molecular flexibility index (Phi) is 8.47. The van der Waals surface area contributed by atoms with Crippen LogP contribution in [0.1, 0.15) is 19.7 Å². The summed E-state index contributed by atoms with van der Waals surface area (Å²) < 4.78 is 42.5. The van der Waals surface area contributed by atoms with E-state index in [4.69, 9.17) is 28.9 Å². The van der Waals surface area contributed by atoms with Gasteiger partial charge >= 0.3 is 11.9 Å². The average molecular weight is 613 g/mol. The fourth-order valence-corrected chi connectivity index (χ4v) is 3.99. The van der Waals surface area contributed by atoms with Crippen LogP contribution in [0.5, 0.6) is 0 Å². The first-order valence-corrected chi connectivity index (χ1v) is 12.9. The molecule has 0 spiro atoms. The molecule has 0 aliphatic heterocycles. The molecule has 4 aromatic rings. The molecule has 0 aliphatic rings. The van der Waals surface area contributed by atoms with Crippen molar-refractivity contribution in [1.29, 1.82) is 0 Å². The van der Waals surface area contributed by atoms with E-state index in [9.17, 15) is 27.9 Å². The predicted octanol–water partition coefficient (Wildman–Crippen LogP) is 3.49. The lowest BCUT2D eigenvalue weighted by atomic mass is 9.93. The van der Waals surface area contributed by atoms with Gasteiger partial charge in [0.15, 0.2) is 17.8 Å². The molecule has 0 saturated heterocycles. The van der Waals surface area contributed by atoms with Gasteiger partial charge < -0.3 is 16.2 Å². The van der Waals surface area contributed by atoms with Crippen molar-refractivity contribution in [2.75, 3.05) is 11.9 Å². The molecule has 2 heterocycles. The van der Waals surface area contributed by atoms with Gasteiger partial charge in [-0.15, -0.1) is 10.2 Å². The maximum atomic E-state index is 13.3. The number of amides is 1. The van der Waals surface area contributed by atoms with Crippen LogP contribution in [0.25, 0.3) is 17.1 Å². The van der Waals surface area contributed by atoms with Crippen LogP contribution >= 0.6 is 23.2 Å². The summed E-state index contributed by atoms with van der Waals surface area (Å²) in [5, 5.41) is 22.1. The number of benzene rings is 2. The number of alkyl halides is 3. The monoisotopic (exact) mass is 612 g/mol. The zero-order valence-corrected chi connectivity index (χ0v) is 23.2. The zero-order chi connectivity index (χ0) is 30.1. The highest BCUT2D eigenvalue weighted by Gasteiger charge is 2.39. The molecular formula is C25H25Cl2F3N8O3. The second-order valence-corrected chi connectivity index (χ2v) is 10.6. The van der Waals surface area contributed by atoms with E-state index in [0.29, 0.717) is 21.3 Å². The number of aliphatic hydroxyl groups excluding tert-OH is 1. The van der Waals surface area contributed by atoms with Crippen molar-refractivity contribution in [2.24, 2.45) is 11.1 Å². The summed E-state index contributed by atoms with van der Waals surface area (Å²) >= 11 is 12.3. The molecule has 0 fully saturated rings. The number of hydrogen-bond donors (Lipinski definition) is 3. The highest BCUT2D eigenvalue weighted by molar-refractivity contribution is 6.32. The number of carbonyl (C=O) groups is 1. The van der Waals surface area contributed by atoms with Crippen LogP contribution in [0, 0.1) is 5.41 Å². The number of nitrogens with one attached hydrogen (secondary N) is 1. The summed E-state index contributed by atoms with van der Waals surface area (Å²) in [5.41, 5.74) is 4.31. The van der Waals surface area contributed by atoms with E-state index in [1.54, 1.807) is 38.1 Å². The minimum absolute atomic E-state index is 0.0510. The van der Waals surface area contributed by atoms with Gasteiger partial charge in [-0.2, -0.15) is 22.8 Å². The number of nitrogens with two attached hydrogens (primary N) is 1. The van der Waals surface area contributed by atoms with E-state index in [0.717, 1.165) is 9.25 Å². The standard InChI is InChI=1S/C25H25Cl2F3N8O3/c1-24(2,21(31)40)13-32-22-33-19(34-38(22)17-6-4-3-5-16(17)27)12-37-23(41)36(11-18(39)25(28,29)30)20(35-37)14-7-9-15(26)10-8-14/h3-10,18,39H,11-13H2,1-2H3,(H2,31,40)(H,32,33,34)/t18-/m0/s1. The molecule has 2 aromatic carbocycles. The van der Waals surface area contributed by atoms with Gasteiger partial charge in [0, 0.05) is 17.1 Å². The Morgan fingerprint density at radius 2 is 1.76 bits per heavy atom. The van der Waals surface area contributed by atoms with Crippen LogP contribution in [-0.4, -0.2) is 59.0 Å². The highest BCUT2D eigenvalue weighted by Crippen LogP contribution is 2.26. The lowest BCUT2D eigenvalue weighted by Gasteiger charge is -2.21. The molecule has 0 aliphatic carbocycles. The third-order valence-corrected chi connectivity index (χ3v) is 6.71. The molecule has 2 aromatic heterocycles. The lowest BCUT2D eigenvalue weighted by Crippen LogP contribution is -2.37. The Bertz CT molecular complexity index is 1610. The summed E-state index contributed by atoms with van der Waals surface area (Å²) in [4.78, 5) is 29.5. The third kappa shape index (κ3) is 6.72. The SMILES string of the molecule is CC(C)(CNc1nc(Cn2nc(-c3ccc(Cl)cc3)n(C[C@H](O)C(F)(F)F)c2=O)nn1-c1ccccc1Cl)C(N)=O. The summed E-state index contributed by atoms with van der Waals surface area (Å²) in [5.74, 6) is -0.459. The minimum Gasteiger partial charge on any atom is -0.382 e. The van der Waals surface area contributed by atoms with E-state index >= 15 is 0 Å². The van der Waals surface area contributed by atoms with E-state index in [2.05, 4.69) is 20.5 Å². The van der Waals surface area contributed by atoms with Crippen molar-refractivity contribution < 1.29 is 23.1 Å². The molecule has 0 bridgehead atoms. The van der Waals surface area contributed by atoms with Crippen LogP contribution in [0.3, 0.4) is 0 Å². The highest BCUT2D eigenvalue weighted by atomic mass is 35.5. The smallest absolute Gasteiger partial charge is 0.382 e. The van der Waals surface area contributed by atoms with Gasteiger partial charge in [-0.05, 0) is 50.2 Å². The van der Waals surface area contributed by atoms with Gasteiger partial charge in [0.25, 0.3) is 0 Å². The lowest BCUT2D eigenvalue weighted by molar-refractivity contribution is -0.207. The van der Waals surface area contributed by atoms with Crippen LogP contribution < -0.4 is 16.7 Å². The number of aliphatic hydroxyl groups is 1. The van der Waals surface area contributed by atoms with E-state index in [-0.39, 0.29) is 30.7 Å². The van der Waals surface area contributed by atoms with Crippen LogP contribution in [-0.2, 0) is 17.9 Å². The molecule has 0 unspecified atom stereocenters. The Balaban J connectivity index is 1.76. The molecule has 16 heteroatoms. The molecule has 41 heavy (non-hydrogen) atoms. The van der Waals surface area contributed by atoms with Crippen LogP contribution in [0.4, 0.5) is 19.1 Å². The molecule has 1 atom stereocenters. The third-order valence-electron chi connectivity index (χ3n) is 6.14.